The number of phenolic OH excluding ortho intramolecular Hbond substituents is 1. The lowest BCUT2D eigenvalue weighted by Crippen LogP contribution is -2.51. The van der Waals surface area contributed by atoms with Crippen molar-refractivity contribution >= 4 is 35.8 Å². The molecule has 1 aromatic heterocycles. The zero-order valence-electron chi connectivity index (χ0n) is 24.7. The van der Waals surface area contributed by atoms with Gasteiger partial charge in [0.05, 0.1) is 25.4 Å². The normalized spacial score (nSPS) is 10.7. The number of nitrogens with one attached hydrogen (secondary N) is 3. The standard InChI is InChI=1S/C13H18N6O9.C7H8O.C4H11N3.C2H2/c14-5(1-8(20)21)11-18-7(28-19-11)3-16-13(27)17-6(2-9(22)23)12(26)15-4-10(24)25;1-6-2-4-7(8)5-3-6;1-2-3-7-4(5)6;1-2/h5-6H,1-4,14H2,(H,15,26)(H,20,21)(H,22,23)(H,24,25)(H2,16,17,27);2-5,8H,1H3;2-3H2,1H3,(H4,5,6,7);1-2H/t5-,6-;;;/m0.../s1. The fourth-order valence-corrected chi connectivity index (χ4v) is 2.59. The Hall–Kier alpha value is -5.90. The van der Waals surface area contributed by atoms with Crippen LogP contribution < -0.4 is 33.2 Å². The van der Waals surface area contributed by atoms with Crippen molar-refractivity contribution in [1.29, 1.82) is 0 Å². The van der Waals surface area contributed by atoms with Crippen LogP contribution in [0.25, 0.3) is 0 Å². The molecule has 0 fully saturated rings. The second-order valence-corrected chi connectivity index (χ2v) is 8.48. The minimum Gasteiger partial charge on any atom is -0.508 e. The number of aliphatic imine (C=N–C) groups is 1. The summed E-state index contributed by atoms with van der Waals surface area (Å²) in [4.78, 5) is 63.0. The van der Waals surface area contributed by atoms with Crippen molar-refractivity contribution in [2.24, 2.45) is 22.2 Å². The maximum absolute atomic E-state index is 11.8. The van der Waals surface area contributed by atoms with Crippen LogP contribution in [0.4, 0.5) is 4.79 Å². The van der Waals surface area contributed by atoms with Gasteiger partial charge in [-0.3, -0.25) is 24.2 Å². The Kier molecular flexibility index (Phi) is 21.7. The fourth-order valence-electron chi connectivity index (χ4n) is 2.59. The number of benzene rings is 1. The van der Waals surface area contributed by atoms with Gasteiger partial charge in [-0.15, -0.1) is 12.8 Å². The largest absolute Gasteiger partial charge is 0.508 e. The van der Waals surface area contributed by atoms with Crippen LogP contribution in [0.5, 0.6) is 5.75 Å². The molecule has 1 heterocycles. The highest BCUT2D eigenvalue weighted by atomic mass is 16.5. The van der Waals surface area contributed by atoms with E-state index in [-0.39, 0.29) is 24.2 Å². The second kappa shape index (κ2) is 23.6. The summed E-state index contributed by atoms with van der Waals surface area (Å²) in [5, 5.41) is 44.4. The van der Waals surface area contributed by atoms with Gasteiger partial charge in [0.25, 0.3) is 0 Å². The molecule has 19 nitrogen and oxygen atoms in total. The van der Waals surface area contributed by atoms with Crippen molar-refractivity contribution in [1.82, 2.24) is 26.1 Å². The molecule has 2 rings (SSSR count). The van der Waals surface area contributed by atoms with E-state index in [9.17, 15) is 24.0 Å². The van der Waals surface area contributed by atoms with Crippen molar-refractivity contribution in [3.05, 3.63) is 41.5 Å². The molecule has 2 atom stereocenters. The van der Waals surface area contributed by atoms with Crippen molar-refractivity contribution < 1.29 is 48.9 Å². The zero-order chi connectivity index (χ0) is 34.9. The lowest BCUT2D eigenvalue weighted by Gasteiger charge is -2.16. The van der Waals surface area contributed by atoms with Gasteiger partial charge in [-0.1, -0.05) is 29.8 Å². The molecule has 0 saturated carbocycles. The number of carbonyl (C=O) groups is 5. The minimum absolute atomic E-state index is 0.0867. The van der Waals surface area contributed by atoms with E-state index < -0.39 is 61.3 Å². The molecule has 0 aliphatic rings. The van der Waals surface area contributed by atoms with Gasteiger partial charge in [0, 0.05) is 6.54 Å². The molecule has 0 aliphatic heterocycles. The molecular weight excluding hydrogens is 598 g/mol. The predicted octanol–water partition coefficient (Wildman–Crippen LogP) is -0.993. The van der Waals surface area contributed by atoms with E-state index in [1.807, 2.05) is 31.3 Å². The number of carboxylic acids is 3. The number of nitrogens with zero attached hydrogens (tertiary/aromatic N) is 3. The topological polar surface area (TPSA) is 332 Å². The van der Waals surface area contributed by atoms with Crippen molar-refractivity contribution in [2.75, 3.05) is 13.1 Å². The van der Waals surface area contributed by atoms with Crippen LogP contribution in [-0.2, 0) is 25.7 Å². The smallest absolute Gasteiger partial charge is 0.322 e. The molecule has 19 heteroatoms. The maximum atomic E-state index is 11.8. The highest BCUT2D eigenvalue weighted by Crippen LogP contribution is 2.10. The van der Waals surface area contributed by atoms with Crippen molar-refractivity contribution in [3.63, 3.8) is 0 Å². The number of aromatic hydroxyl groups is 1. The third kappa shape index (κ3) is 22.4. The number of hydrogen-bond donors (Lipinski definition) is 10. The Bertz CT molecular complexity index is 1240. The van der Waals surface area contributed by atoms with E-state index in [0.717, 1.165) is 13.0 Å². The summed E-state index contributed by atoms with van der Waals surface area (Å²) in [5.74, 6) is -4.60. The number of rotatable bonds is 13. The number of amides is 3. The number of aryl methyl sites for hydroxylation is 1. The summed E-state index contributed by atoms with van der Waals surface area (Å²) in [6.07, 6.45) is 7.78. The van der Waals surface area contributed by atoms with Crippen LogP contribution in [0.1, 0.15) is 49.5 Å². The first-order valence-corrected chi connectivity index (χ1v) is 12.8. The SMILES string of the molecule is C#C.CCCN=C(N)N.Cc1ccc(O)cc1.N[C@@H](CC(=O)O)c1noc(CNC(=O)N[C@@H](CC(=O)O)C(=O)NCC(=O)O)n1. The number of urea groups is 1. The summed E-state index contributed by atoms with van der Waals surface area (Å²) in [6.45, 7) is 3.67. The molecule has 45 heavy (non-hydrogen) atoms. The summed E-state index contributed by atoms with van der Waals surface area (Å²) in [7, 11) is 0. The van der Waals surface area contributed by atoms with Crippen LogP contribution in [0.2, 0.25) is 0 Å². The average Bonchev–Trinajstić information content (AvgIpc) is 3.45. The number of phenols is 1. The fraction of sp³-hybridized carbons (Fsp3) is 0.385. The Labute approximate surface area is 258 Å². The van der Waals surface area contributed by atoms with Gasteiger partial charge in [0.2, 0.25) is 11.8 Å². The third-order valence-corrected chi connectivity index (χ3v) is 4.58. The lowest BCUT2D eigenvalue weighted by molar-refractivity contribution is -0.140. The van der Waals surface area contributed by atoms with Crippen LogP contribution in [0, 0.1) is 19.8 Å². The molecule has 13 N–H and O–H groups in total. The summed E-state index contributed by atoms with van der Waals surface area (Å²) >= 11 is 0. The van der Waals surface area contributed by atoms with Gasteiger partial charge in [-0.2, -0.15) is 4.98 Å². The van der Waals surface area contributed by atoms with Crippen LogP contribution >= 0.6 is 0 Å². The molecule has 0 aliphatic carbocycles. The number of carboxylic acid groups (broad SMARTS) is 3. The number of guanidine groups is 1. The number of hydrogen-bond acceptors (Lipinski definition) is 11. The number of carbonyl (C=O) groups excluding carboxylic acids is 2. The first-order valence-electron chi connectivity index (χ1n) is 12.8. The quantitative estimate of drug-likeness (QED) is 0.0715. The van der Waals surface area contributed by atoms with Gasteiger partial charge in [0.1, 0.15) is 18.3 Å². The van der Waals surface area contributed by atoms with Crippen molar-refractivity contribution in [3.8, 4) is 18.6 Å². The Morgan fingerprint density at radius 3 is 2.00 bits per heavy atom. The molecule has 0 radical (unpaired) electrons. The Balaban J connectivity index is 0. The first-order chi connectivity index (χ1) is 21.1. The predicted molar refractivity (Wildman–Crippen MR) is 159 cm³/mol. The van der Waals surface area contributed by atoms with Gasteiger partial charge in [-0.05, 0) is 25.5 Å². The molecule has 248 valence electrons. The molecule has 1 aromatic carbocycles. The summed E-state index contributed by atoms with van der Waals surface area (Å²) in [5.41, 5.74) is 16.7. The van der Waals surface area contributed by atoms with E-state index in [0.29, 0.717) is 5.75 Å². The zero-order valence-corrected chi connectivity index (χ0v) is 24.7. The lowest BCUT2D eigenvalue weighted by atomic mass is 10.2. The molecule has 3 amide bonds. The highest BCUT2D eigenvalue weighted by Gasteiger charge is 2.24. The molecule has 0 unspecified atom stereocenters. The average molecular weight is 638 g/mol. The van der Waals surface area contributed by atoms with Crippen LogP contribution in [-0.4, -0.2) is 85.5 Å². The summed E-state index contributed by atoms with van der Waals surface area (Å²) < 4.78 is 4.78. The van der Waals surface area contributed by atoms with Gasteiger partial charge in [0.15, 0.2) is 11.8 Å². The van der Waals surface area contributed by atoms with Crippen molar-refractivity contribution in [2.45, 2.75) is 51.7 Å². The maximum Gasteiger partial charge on any atom is 0.322 e. The number of aromatic nitrogens is 2. The number of aliphatic carboxylic acids is 3. The number of terminal acetylenes is 1. The van der Waals surface area contributed by atoms with Gasteiger partial charge in [-0.25, -0.2) is 4.79 Å². The molecule has 2 aromatic rings. The molecule has 0 spiro atoms. The Morgan fingerprint density at radius 1 is 0.978 bits per heavy atom. The monoisotopic (exact) mass is 637 g/mol. The Morgan fingerprint density at radius 2 is 1.56 bits per heavy atom. The van der Waals surface area contributed by atoms with E-state index in [1.165, 1.54) is 5.56 Å². The second-order valence-electron chi connectivity index (χ2n) is 8.48. The van der Waals surface area contributed by atoms with E-state index in [4.69, 9.17) is 42.2 Å². The highest BCUT2D eigenvalue weighted by molar-refractivity contribution is 5.91. The summed E-state index contributed by atoms with van der Waals surface area (Å²) in [6, 6.07) is 3.59. The van der Waals surface area contributed by atoms with E-state index in [2.05, 4.69) is 38.6 Å². The molecule has 0 saturated heterocycles. The molecular formula is C26H39N9O10. The minimum atomic E-state index is -1.53. The molecule has 0 bridgehead atoms. The first kappa shape index (κ1) is 41.2. The van der Waals surface area contributed by atoms with Gasteiger partial charge < -0.3 is 58.1 Å². The van der Waals surface area contributed by atoms with Crippen LogP contribution in [0.3, 0.4) is 0 Å². The third-order valence-electron chi connectivity index (χ3n) is 4.58. The van der Waals surface area contributed by atoms with E-state index in [1.54, 1.807) is 12.1 Å². The van der Waals surface area contributed by atoms with Gasteiger partial charge >= 0.3 is 23.9 Å². The van der Waals surface area contributed by atoms with E-state index >= 15 is 0 Å². The van der Waals surface area contributed by atoms with Crippen LogP contribution in [0.15, 0.2) is 33.8 Å². The number of nitrogens with two attached hydrogens (primary N) is 3.